The molecule has 0 aliphatic carbocycles. The van der Waals surface area contributed by atoms with Gasteiger partial charge in [0.2, 0.25) is 5.91 Å². The first-order chi connectivity index (χ1) is 9.19. The van der Waals surface area contributed by atoms with E-state index in [9.17, 15) is 4.79 Å². The number of hydrogen-bond donors (Lipinski definition) is 3. The molecule has 2 aromatic rings. The number of carbonyl (C=O) groups is 1. The molecule has 0 unspecified atom stereocenters. The van der Waals surface area contributed by atoms with Gasteiger partial charge >= 0.3 is 0 Å². The second-order valence-electron chi connectivity index (χ2n) is 3.92. The van der Waals surface area contributed by atoms with Crippen LogP contribution in [0.1, 0.15) is 5.82 Å². The van der Waals surface area contributed by atoms with Gasteiger partial charge in [-0.05, 0) is 19.2 Å². The monoisotopic (exact) mass is 323 g/mol. The zero-order valence-corrected chi connectivity index (χ0v) is 12.0. The average Bonchev–Trinajstić information content (AvgIpc) is 2.86. The van der Waals surface area contributed by atoms with E-state index < -0.39 is 0 Å². The van der Waals surface area contributed by atoms with Gasteiger partial charge in [0.25, 0.3) is 0 Å². The van der Waals surface area contributed by atoms with Crippen LogP contribution in [0.15, 0.2) is 28.7 Å². The van der Waals surface area contributed by atoms with Crippen LogP contribution < -0.4 is 10.6 Å². The third-order valence-electron chi connectivity index (χ3n) is 2.42. The number of halogens is 1. The summed E-state index contributed by atoms with van der Waals surface area (Å²) in [5, 5.41) is 12.4. The Morgan fingerprint density at radius 1 is 1.37 bits per heavy atom. The summed E-state index contributed by atoms with van der Waals surface area (Å²) in [5.41, 5.74) is 0.923. The van der Waals surface area contributed by atoms with E-state index >= 15 is 0 Å². The zero-order valence-electron chi connectivity index (χ0n) is 10.4. The molecular formula is C12H14BrN5O. The fourth-order valence-electron chi connectivity index (χ4n) is 1.51. The van der Waals surface area contributed by atoms with Gasteiger partial charge in [0.05, 0.1) is 13.1 Å². The summed E-state index contributed by atoms with van der Waals surface area (Å²) in [4.78, 5) is 15.6. The third kappa shape index (κ3) is 3.87. The average molecular weight is 324 g/mol. The predicted molar refractivity (Wildman–Crippen MR) is 75.3 cm³/mol. The lowest BCUT2D eigenvalue weighted by Crippen LogP contribution is -2.31. The summed E-state index contributed by atoms with van der Waals surface area (Å²) in [6.45, 7) is 0.623. The Kier molecular flexibility index (Phi) is 4.64. The normalized spacial score (nSPS) is 10.4. The number of likely N-dealkylation sites (N-methyl/N-ethyl adjacent to an activating group) is 1. The summed E-state index contributed by atoms with van der Waals surface area (Å²) >= 11 is 3.38. The molecule has 2 rings (SSSR count). The molecule has 0 saturated carbocycles. The van der Waals surface area contributed by atoms with Crippen molar-refractivity contribution in [2.75, 3.05) is 13.6 Å². The van der Waals surface area contributed by atoms with Crippen LogP contribution in [-0.4, -0.2) is 34.7 Å². The van der Waals surface area contributed by atoms with Crippen molar-refractivity contribution in [2.24, 2.45) is 0 Å². The Labute approximate surface area is 119 Å². The number of aromatic amines is 1. The summed E-state index contributed by atoms with van der Waals surface area (Å²) in [6.07, 6.45) is 0. The van der Waals surface area contributed by atoms with Crippen molar-refractivity contribution in [2.45, 2.75) is 6.54 Å². The van der Waals surface area contributed by atoms with Gasteiger partial charge in [-0.3, -0.25) is 9.89 Å². The maximum absolute atomic E-state index is 11.3. The molecule has 100 valence electrons. The highest BCUT2D eigenvalue weighted by Crippen LogP contribution is 2.17. The molecule has 3 N–H and O–H groups in total. The Morgan fingerprint density at radius 2 is 2.11 bits per heavy atom. The van der Waals surface area contributed by atoms with Crippen molar-refractivity contribution in [1.29, 1.82) is 0 Å². The number of H-pyrrole nitrogens is 1. The van der Waals surface area contributed by atoms with Crippen LogP contribution in [0, 0.1) is 0 Å². The van der Waals surface area contributed by atoms with Crippen LogP contribution >= 0.6 is 15.9 Å². The molecule has 1 aromatic heterocycles. The highest BCUT2D eigenvalue weighted by molar-refractivity contribution is 9.10. The van der Waals surface area contributed by atoms with Gasteiger partial charge in [0.15, 0.2) is 5.82 Å². The van der Waals surface area contributed by atoms with Crippen LogP contribution in [-0.2, 0) is 11.3 Å². The molecule has 1 aromatic carbocycles. The standard InChI is InChI=1S/C12H14BrN5O/c1-14-7-11(19)15-6-10-16-12(18-17-10)8-2-4-9(13)5-3-8/h2-5,14H,6-7H2,1H3,(H,15,19)(H,16,17,18). The topological polar surface area (TPSA) is 82.7 Å². The lowest BCUT2D eigenvalue weighted by atomic mass is 10.2. The number of nitrogens with zero attached hydrogens (tertiary/aromatic N) is 2. The highest BCUT2D eigenvalue weighted by Gasteiger charge is 2.06. The van der Waals surface area contributed by atoms with E-state index in [1.807, 2.05) is 24.3 Å². The first-order valence-electron chi connectivity index (χ1n) is 5.77. The van der Waals surface area contributed by atoms with Crippen LogP contribution in [0.25, 0.3) is 11.4 Å². The molecule has 19 heavy (non-hydrogen) atoms. The van der Waals surface area contributed by atoms with Gasteiger partial charge in [-0.1, -0.05) is 28.1 Å². The molecule has 1 heterocycles. The Bertz CT molecular complexity index is 552. The van der Waals surface area contributed by atoms with E-state index in [2.05, 4.69) is 41.7 Å². The zero-order chi connectivity index (χ0) is 13.7. The molecule has 0 atom stereocenters. The number of aromatic nitrogens is 3. The lowest BCUT2D eigenvalue weighted by Gasteiger charge is -2.01. The molecule has 0 radical (unpaired) electrons. The molecule has 0 saturated heterocycles. The van der Waals surface area contributed by atoms with Crippen LogP contribution in [0.3, 0.4) is 0 Å². The molecule has 7 heteroatoms. The van der Waals surface area contributed by atoms with E-state index in [-0.39, 0.29) is 12.5 Å². The molecule has 0 aliphatic heterocycles. The molecule has 6 nitrogen and oxygen atoms in total. The van der Waals surface area contributed by atoms with E-state index in [0.29, 0.717) is 18.2 Å². The molecule has 0 fully saturated rings. The maximum Gasteiger partial charge on any atom is 0.234 e. The van der Waals surface area contributed by atoms with Gasteiger partial charge in [-0.2, -0.15) is 5.10 Å². The third-order valence-corrected chi connectivity index (χ3v) is 2.95. The largest absolute Gasteiger partial charge is 0.348 e. The molecule has 0 spiro atoms. The van der Waals surface area contributed by atoms with Crippen LogP contribution in [0.5, 0.6) is 0 Å². The summed E-state index contributed by atoms with van der Waals surface area (Å²) in [7, 11) is 1.72. The van der Waals surface area contributed by atoms with Gasteiger partial charge in [-0.15, -0.1) is 0 Å². The summed E-state index contributed by atoms with van der Waals surface area (Å²) in [5.74, 6) is 1.16. The highest BCUT2D eigenvalue weighted by atomic mass is 79.9. The number of carbonyl (C=O) groups excluding carboxylic acids is 1. The van der Waals surface area contributed by atoms with Gasteiger partial charge in [-0.25, -0.2) is 4.98 Å². The van der Waals surface area contributed by atoms with Crippen molar-refractivity contribution in [3.05, 3.63) is 34.6 Å². The minimum absolute atomic E-state index is 0.0795. The van der Waals surface area contributed by atoms with Crippen molar-refractivity contribution in [3.8, 4) is 11.4 Å². The Hall–Kier alpha value is -1.73. The van der Waals surface area contributed by atoms with Crippen molar-refractivity contribution in [1.82, 2.24) is 25.8 Å². The van der Waals surface area contributed by atoms with Gasteiger partial charge in [0, 0.05) is 10.0 Å². The van der Waals surface area contributed by atoms with Gasteiger partial charge < -0.3 is 10.6 Å². The first-order valence-corrected chi connectivity index (χ1v) is 6.57. The van der Waals surface area contributed by atoms with E-state index in [4.69, 9.17) is 0 Å². The smallest absolute Gasteiger partial charge is 0.234 e. The number of benzene rings is 1. The summed E-state index contributed by atoms with van der Waals surface area (Å²) < 4.78 is 1.01. The second kappa shape index (κ2) is 6.44. The molecular weight excluding hydrogens is 310 g/mol. The number of nitrogens with one attached hydrogen (secondary N) is 3. The van der Waals surface area contributed by atoms with E-state index in [0.717, 1.165) is 10.0 Å². The Morgan fingerprint density at radius 3 is 2.79 bits per heavy atom. The number of amides is 1. The molecule has 0 aliphatic rings. The summed E-state index contributed by atoms with van der Waals surface area (Å²) in [6, 6.07) is 7.72. The Balaban J connectivity index is 1.99. The van der Waals surface area contributed by atoms with Crippen molar-refractivity contribution >= 4 is 21.8 Å². The van der Waals surface area contributed by atoms with E-state index in [1.165, 1.54) is 0 Å². The SMILES string of the molecule is CNCC(=O)NCc1nc(-c2ccc(Br)cc2)n[nH]1. The quantitative estimate of drug-likeness (QED) is 0.768. The second-order valence-corrected chi connectivity index (χ2v) is 4.84. The fraction of sp³-hybridized carbons (Fsp3) is 0.250. The minimum Gasteiger partial charge on any atom is -0.348 e. The minimum atomic E-state index is -0.0795. The first kappa shape index (κ1) is 13.7. The van der Waals surface area contributed by atoms with Crippen LogP contribution in [0.4, 0.5) is 0 Å². The number of hydrogen-bond acceptors (Lipinski definition) is 4. The van der Waals surface area contributed by atoms with Gasteiger partial charge in [0.1, 0.15) is 5.82 Å². The fourth-order valence-corrected chi connectivity index (χ4v) is 1.77. The van der Waals surface area contributed by atoms with Crippen molar-refractivity contribution < 1.29 is 4.79 Å². The van der Waals surface area contributed by atoms with Crippen LogP contribution in [0.2, 0.25) is 0 Å². The number of rotatable bonds is 5. The maximum atomic E-state index is 11.3. The predicted octanol–water partition coefficient (Wildman–Crippen LogP) is 1.07. The molecule has 1 amide bonds. The van der Waals surface area contributed by atoms with E-state index in [1.54, 1.807) is 7.05 Å². The lowest BCUT2D eigenvalue weighted by molar-refractivity contribution is -0.120. The van der Waals surface area contributed by atoms with Crippen molar-refractivity contribution in [3.63, 3.8) is 0 Å². The molecule has 0 bridgehead atoms.